The second-order valence-electron chi connectivity index (χ2n) is 8.83. The van der Waals surface area contributed by atoms with E-state index in [4.69, 9.17) is 0 Å². The number of ketones is 1. The second kappa shape index (κ2) is 7.98. The molecule has 1 heterocycles. The van der Waals surface area contributed by atoms with Gasteiger partial charge in [-0.25, -0.2) is 0 Å². The van der Waals surface area contributed by atoms with Crippen molar-refractivity contribution < 1.29 is 14.7 Å². The predicted molar refractivity (Wildman–Crippen MR) is 130 cm³/mol. The maximum absolute atomic E-state index is 13.7. The quantitative estimate of drug-likeness (QED) is 0.423. The van der Waals surface area contributed by atoms with E-state index >= 15 is 0 Å². The van der Waals surface area contributed by atoms with Crippen molar-refractivity contribution in [1.29, 1.82) is 0 Å². The molecule has 0 saturated heterocycles. The fourth-order valence-corrected chi connectivity index (χ4v) is 4.89. The molecule has 0 radical (unpaired) electrons. The summed E-state index contributed by atoms with van der Waals surface area (Å²) in [5, 5.41) is 13.8. The second-order valence-corrected chi connectivity index (χ2v) is 8.83. The van der Waals surface area contributed by atoms with Gasteiger partial charge in [-0.3, -0.25) is 9.59 Å². The van der Waals surface area contributed by atoms with Crippen molar-refractivity contribution >= 4 is 28.2 Å². The lowest BCUT2D eigenvalue weighted by atomic mass is 9.87. The van der Waals surface area contributed by atoms with Crippen molar-refractivity contribution in [3.63, 3.8) is 0 Å². The van der Waals surface area contributed by atoms with Gasteiger partial charge < -0.3 is 10.0 Å². The number of Topliss-reactive ketones (excluding diaryl/α,β-unsaturated/α-hetero) is 1. The molecule has 0 fully saturated rings. The molecule has 0 bridgehead atoms. The summed E-state index contributed by atoms with van der Waals surface area (Å²) >= 11 is 0. The highest BCUT2D eigenvalue weighted by molar-refractivity contribution is 6.11. The van der Waals surface area contributed by atoms with Crippen molar-refractivity contribution in [3.05, 3.63) is 113 Å². The van der Waals surface area contributed by atoms with E-state index in [0.717, 1.165) is 27.5 Å². The lowest BCUT2D eigenvalue weighted by Gasteiger charge is -2.23. The van der Waals surface area contributed by atoms with Crippen LogP contribution in [0.25, 0.3) is 10.8 Å². The average Bonchev–Trinajstić information content (AvgIpc) is 3.01. The summed E-state index contributed by atoms with van der Waals surface area (Å²) in [6.07, 6.45) is -0.293. The molecule has 5 rings (SSSR count). The zero-order chi connectivity index (χ0) is 23.2. The minimum Gasteiger partial charge on any atom is -0.375 e. The highest BCUT2D eigenvalue weighted by atomic mass is 16.3. The van der Waals surface area contributed by atoms with Crippen LogP contribution in [-0.4, -0.2) is 16.8 Å². The normalized spacial score (nSPS) is 17.4. The summed E-state index contributed by atoms with van der Waals surface area (Å²) in [4.78, 5) is 28.5. The first-order valence-electron chi connectivity index (χ1n) is 11.1. The van der Waals surface area contributed by atoms with E-state index in [1.54, 1.807) is 23.1 Å². The van der Waals surface area contributed by atoms with Crippen LogP contribution < -0.4 is 4.90 Å². The number of hydrogen-bond acceptors (Lipinski definition) is 3. The van der Waals surface area contributed by atoms with Crippen molar-refractivity contribution in [2.45, 2.75) is 32.4 Å². The number of carbonyl (C=O) groups is 2. The van der Waals surface area contributed by atoms with Gasteiger partial charge in [-0.05, 0) is 41.8 Å². The molecule has 0 aliphatic carbocycles. The number of aliphatic hydroxyl groups is 1. The van der Waals surface area contributed by atoms with Gasteiger partial charge in [-0.15, -0.1) is 0 Å². The molecule has 0 spiro atoms. The lowest BCUT2D eigenvalue weighted by Crippen LogP contribution is -2.41. The minimum absolute atomic E-state index is 0.245. The van der Waals surface area contributed by atoms with E-state index in [2.05, 4.69) is 0 Å². The number of benzene rings is 4. The van der Waals surface area contributed by atoms with Gasteiger partial charge in [0.25, 0.3) is 5.91 Å². The summed E-state index contributed by atoms with van der Waals surface area (Å²) in [6.45, 7) is 4.16. The number of aryl methyl sites for hydroxylation is 2. The smallest absolute Gasteiger partial charge is 0.264 e. The SMILES string of the molecule is Cc1ccc(C(=O)CC2(O)C(=O)N(Cc3cccc4ccccc34)c3ccccc32)c(C)c1. The highest BCUT2D eigenvalue weighted by Gasteiger charge is 2.50. The van der Waals surface area contributed by atoms with Gasteiger partial charge in [0.15, 0.2) is 11.4 Å². The molecule has 4 nitrogen and oxygen atoms in total. The number of fused-ring (bicyclic) bond motifs is 2. The first-order valence-corrected chi connectivity index (χ1v) is 11.1. The molecular formula is C29H25NO3. The van der Waals surface area contributed by atoms with Gasteiger partial charge >= 0.3 is 0 Å². The maximum atomic E-state index is 13.7. The van der Waals surface area contributed by atoms with Crippen LogP contribution in [0.15, 0.2) is 84.9 Å². The number of rotatable bonds is 5. The molecule has 1 unspecified atom stereocenters. The van der Waals surface area contributed by atoms with Crippen molar-refractivity contribution in [2.75, 3.05) is 4.90 Å². The third-order valence-electron chi connectivity index (χ3n) is 6.55. The van der Waals surface area contributed by atoms with Crippen LogP contribution in [0.1, 0.15) is 39.0 Å². The van der Waals surface area contributed by atoms with Crippen LogP contribution in [0.4, 0.5) is 5.69 Å². The molecule has 164 valence electrons. The number of amides is 1. The Labute approximate surface area is 193 Å². The van der Waals surface area contributed by atoms with E-state index in [1.165, 1.54) is 0 Å². The van der Waals surface area contributed by atoms with Gasteiger partial charge in [0.05, 0.1) is 18.7 Å². The largest absolute Gasteiger partial charge is 0.375 e. The molecule has 4 aromatic rings. The van der Waals surface area contributed by atoms with Crippen LogP contribution in [-0.2, 0) is 16.9 Å². The zero-order valence-electron chi connectivity index (χ0n) is 18.7. The number of anilines is 1. The van der Waals surface area contributed by atoms with Crippen LogP contribution in [0.5, 0.6) is 0 Å². The van der Waals surface area contributed by atoms with Crippen LogP contribution in [0.3, 0.4) is 0 Å². The first-order chi connectivity index (χ1) is 15.9. The van der Waals surface area contributed by atoms with Crippen LogP contribution >= 0.6 is 0 Å². The van der Waals surface area contributed by atoms with E-state index in [9.17, 15) is 14.7 Å². The third-order valence-corrected chi connectivity index (χ3v) is 6.55. The highest BCUT2D eigenvalue weighted by Crippen LogP contribution is 2.44. The minimum atomic E-state index is -1.89. The van der Waals surface area contributed by atoms with Gasteiger partial charge in [0, 0.05) is 11.1 Å². The number of carbonyl (C=O) groups excluding carboxylic acids is 2. The Morgan fingerprint density at radius 3 is 2.45 bits per heavy atom. The van der Waals surface area contributed by atoms with Crippen LogP contribution in [0.2, 0.25) is 0 Å². The predicted octanol–water partition coefficient (Wildman–Crippen LogP) is 5.46. The third kappa shape index (κ3) is 3.53. The fraction of sp³-hybridized carbons (Fsp3) is 0.172. The molecule has 1 N–H and O–H groups in total. The van der Waals surface area contributed by atoms with Crippen molar-refractivity contribution in [2.24, 2.45) is 0 Å². The first kappa shape index (κ1) is 21.1. The summed E-state index contributed by atoms with van der Waals surface area (Å²) in [5.74, 6) is -0.708. The molecule has 0 aromatic heterocycles. The number of hydrogen-bond donors (Lipinski definition) is 1. The van der Waals surface area contributed by atoms with Crippen molar-refractivity contribution in [3.8, 4) is 0 Å². The van der Waals surface area contributed by atoms with E-state index in [0.29, 0.717) is 23.4 Å². The zero-order valence-corrected chi connectivity index (χ0v) is 18.7. The molecule has 0 saturated carbocycles. The molecule has 1 aliphatic heterocycles. The van der Waals surface area contributed by atoms with E-state index in [-0.39, 0.29) is 12.2 Å². The Hall–Kier alpha value is -3.76. The molecule has 33 heavy (non-hydrogen) atoms. The Bertz CT molecular complexity index is 1400. The van der Waals surface area contributed by atoms with Gasteiger partial charge in [-0.1, -0.05) is 84.4 Å². The Morgan fingerprint density at radius 2 is 1.64 bits per heavy atom. The molecular weight excluding hydrogens is 410 g/mol. The maximum Gasteiger partial charge on any atom is 0.264 e. The Kier molecular flexibility index (Phi) is 5.10. The van der Waals surface area contributed by atoms with Crippen molar-refractivity contribution in [1.82, 2.24) is 0 Å². The lowest BCUT2D eigenvalue weighted by molar-refractivity contribution is -0.136. The van der Waals surface area contributed by atoms with Gasteiger partial charge in [0.1, 0.15) is 0 Å². The molecule has 4 heteroatoms. The van der Waals surface area contributed by atoms with E-state index in [1.807, 2.05) is 80.6 Å². The molecule has 1 aliphatic rings. The number of para-hydroxylation sites is 1. The Balaban J connectivity index is 1.52. The molecule has 1 amide bonds. The van der Waals surface area contributed by atoms with Gasteiger partial charge in [0.2, 0.25) is 0 Å². The van der Waals surface area contributed by atoms with E-state index < -0.39 is 11.5 Å². The van der Waals surface area contributed by atoms with Gasteiger partial charge in [-0.2, -0.15) is 0 Å². The molecule has 4 aromatic carbocycles. The fourth-order valence-electron chi connectivity index (χ4n) is 4.89. The summed E-state index contributed by atoms with van der Waals surface area (Å²) in [7, 11) is 0. The van der Waals surface area contributed by atoms with Crippen LogP contribution in [0, 0.1) is 13.8 Å². The molecule has 1 atom stereocenters. The summed E-state index contributed by atoms with van der Waals surface area (Å²) in [6, 6.07) is 26.8. The average molecular weight is 436 g/mol. The summed E-state index contributed by atoms with van der Waals surface area (Å²) < 4.78 is 0. The standard InChI is InChI=1S/C29H25NO3/c1-19-14-15-23(20(2)16-19)27(31)17-29(33)25-12-5-6-13-26(25)30(28(29)32)18-22-10-7-9-21-8-3-4-11-24(21)22/h3-16,33H,17-18H2,1-2H3. The monoisotopic (exact) mass is 435 g/mol. The topological polar surface area (TPSA) is 57.6 Å². The number of nitrogens with zero attached hydrogens (tertiary/aromatic N) is 1. The Morgan fingerprint density at radius 1 is 0.909 bits per heavy atom. The summed E-state index contributed by atoms with van der Waals surface area (Å²) in [5.41, 5.74) is 2.66.